The van der Waals surface area contributed by atoms with E-state index in [0.29, 0.717) is 16.2 Å². The number of phenols is 2. The van der Waals surface area contributed by atoms with E-state index in [2.05, 4.69) is 15.2 Å². The standard InChI is InChI=1S/C11H13N3O2S/c1-5(2)6-3-7(9(16)4-8(6)15)10-12-11(17)14-13-10/h3-5,15-16H,1-2H3,(H2,12,13,14,17). The van der Waals surface area contributed by atoms with E-state index in [0.717, 1.165) is 5.56 Å². The van der Waals surface area contributed by atoms with Crippen LogP contribution in [0.5, 0.6) is 11.5 Å². The number of aromatic hydroxyl groups is 2. The van der Waals surface area contributed by atoms with E-state index in [9.17, 15) is 10.2 Å². The molecule has 1 aromatic heterocycles. The molecule has 2 rings (SSSR count). The fourth-order valence-electron chi connectivity index (χ4n) is 1.64. The predicted molar refractivity (Wildman–Crippen MR) is 66.6 cm³/mol. The molecule has 0 radical (unpaired) electrons. The van der Waals surface area contributed by atoms with Crippen molar-refractivity contribution in [2.45, 2.75) is 19.8 Å². The SMILES string of the molecule is CC(C)c1cc(-c2nc(=S)[nH][nH]2)c(O)cc1O. The number of nitrogens with one attached hydrogen (secondary N) is 2. The summed E-state index contributed by atoms with van der Waals surface area (Å²) in [5.74, 6) is 0.644. The highest BCUT2D eigenvalue weighted by Crippen LogP contribution is 2.36. The zero-order valence-corrected chi connectivity index (χ0v) is 10.3. The van der Waals surface area contributed by atoms with Crippen molar-refractivity contribution < 1.29 is 10.2 Å². The van der Waals surface area contributed by atoms with Gasteiger partial charge in [-0.25, -0.2) is 0 Å². The maximum absolute atomic E-state index is 9.79. The summed E-state index contributed by atoms with van der Waals surface area (Å²) >= 11 is 4.86. The first-order chi connectivity index (χ1) is 7.99. The van der Waals surface area contributed by atoms with Gasteiger partial charge in [0.2, 0.25) is 4.77 Å². The fraction of sp³-hybridized carbons (Fsp3) is 0.273. The molecule has 1 heterocycles. The van der Waals surface area contributed by atoms with Crippen LogP contribution in [-0.2, 0) is 0 Å². The van der Waals surface area contributed by atoms with Gasteiger partial charge in [-0.05, 0) is 29.8 Å². The van der Waals surface area contributed by atoms with Crippen molar-refractivity contribution in [2.24, 2.45) is 0 Å². The molecule has 1 aromatic carbocycles. The average molecular weight is 251 g/mol. The minimum atomic E-state index is -0.0374. The number of rotatable bonds is 2. The summed E-state index contributed by atoms with van der Waals surface area (Å²) in [5.41, 5.74) is 1.26. The van der Waals surface area contributed by atoms with Gasteiger partial charge in [-0.3, -0.25) is 10.2 Å². The summed E-state index contributed by atoms with van der Waals surface area (Å²) in [4.78, 5) is 4.03. The van der Waals surface area contributed by atoms with Gasteiger partial charge < -0.3 is 10.2 Å². The van der Waals surface area contributed by atoms with Crippen LogP contribution >= 0.6 is 12.2 Å². The Bertz CT molecular complexity index is 601. The molecule has 0 amide bonds. The number of benzene rings is 1. The number of hydrogen-bond acceptors (Lipinski definition) is 4. The second kappa shape index (κ2) is 4.21. The summed E-state index contributed by atoms with van der Waals surface area (Å²) in [6, 6.07) is 3.02. The van der Waals surface area contributed by atoms with Crippen LogP contribution in [0, 0.1) is 4.77 Å². The van der Waals surface area contributed by atoms with Crippen molar-refractivity contribution >= 4 is 12.2 Å². The molecule has 90 valence electrons. The van der Waals surface area contributed by atoms with Gasteiger partial charge in [0.15, 0.2) is 5.82 Å². The molecule has 4 N–H and O–H groups in total. The zero-order chi connectivity index (χ0) is 12.6. The van der Waals surface area contributed by atoms with Crippen molar-refractivity contribution in [1.29, 1.82) is 0 Å². The molecule has 0 unspecified atom stereocenters. The van der Waals surface area contributed by atoms with Crippen molar-refractivity contribution in [3.8, 4) is 22.9 Å². The Morgan fingerprint density at radius 1 is 1.18 bits per heavy atom. The predicted octanol–water partition coefficient (Wildman–Crippen LogP) is 2.67. The van der Waals surface area contributed by atoms with E-state index >= 15 is 0 Å². The van der Waals surface area contributed by atoms with E-state index in [1.807, 2.05) is 13.8 Å². The lowest BCUT2D eigenvalue weighted by Crippen LogP contribution is -1.91. The molecule has 0 aliphatic rings. The molecular weight excluding hydrogens is 238 g/mol. The van der Waals surface area contributed by atoms with E-state index < -0.39 is 0 Å². The topological polar surface area (TPSA) is 84.9 Å². The summed E-state index contributed by atoms with van der Waals surface area (Å²) in [7, 11) is 0. The monoisotopic (exact) mass is 251 g/mol. The van der Waals surface area contributed by atoms with Gasteiger partial charge in [-0.1, -0.05) is 13.8 Å². The molecule has 0 aliphatic carbocycles. The number of aromatic nitrogens is 3. The Morgan fingerprint density at radius 2 is 1.88 bits per heavy atom. The third-order valence-corrected chi connectivity index (χ3v) is 2.72. The normalized spacial score (nSPS) is 11.0. The highest BCUT2D eigenvalue weighted by Gasteiger charge is 2.14. The number of aromatic amines is 2. The smallest absolute Gasteiger partial charge is 0.213 e. The number of hydrogen-bond donors (Lipinski definition) is 4. The maximum Gasteiger partial charge on any atom is 0.213 e. The van der Waals surface area contributed by atoms with E-state index in [1.54, 1.807) is 6.07 Å². The second-order valence-corrected chi connectivity index (χ2v) is 4.49. The largest absolute Gasteiger partial charge is 0.508 e. The van der Waals surface area contributed by atoms with Crippen molar-refractivity contribution in [3.05, 3.63) is 22.5 Å². The quantitative estimate of drug-likeness (QED) is 0.618. The van der Waals surface area contributed by atoms with Gasteiger partial charge in [0.25, 0.3) is 0 Å². The van der Waals surface area contributed by atoms with Crippen molar-refractivity contribution in [3.63, 3.8) is 0 Å². The highest BCUT2D eigenvalue weighted by molar-refractivity contribution is 7.71. The van der Waals surface area contributed by atoms with Crippen LogP contribution in [-0.4, -0.2) is 25.4 Å². The van der Waals surface area contributed by atoms with Crippen LogP contribution in [0.3, 0.4) is 0 Å². The highest BCUT2D eigenvalue weighted by atomic mass is 32.1. The molecule has 0 saturated heterocycles. The Labute approximate surface area is 103 Å². The van der Waals surface area contributed by atoms with Gasteiger partial charge in [0.1, 0.15) is 11.5 Å². The molecule has 0 bridgehead atoms. The van der Waals surface area contributed by atoms with Crippen LogP contribution in [0.1, 0.15) is 25.3 Å². The molecule has 0 fully saturated rings. The van der Waals surface area contributed by atoms with Crippen LogP contribution in [0.4, 0.5) is 0 Å². The van der Waals surface area contributed by atoms with Gasteiger partial charge in [-0.2, -0.15) is 4.98 Å². The Kier molecular flexibility index (Phi) is 2.89. The lowest BCUT2D eigenvalue weighted by molar-refractivity contribution is 0.445. The third kappa shape index (κ3) is 2.16. The molecule has 2 aromatic rings. The maximum atomic E-state index is 9.79. The first-order valence-corrected chi connectivity index (χ1v) is 5.60. The summed E-state index contributed by atoms with van der Waals surface area (Å²) < 4.78 is 0.318. The summed E-state index contributed by atoms with van der Waals surface area (Å²) in [6.07, 6.45) is 0. The lowest BCUT2D eigenvalue weighted by atomic mass is 9.98. The van der Waals surface area contributed by atoms with Gasteiger partial charge in [0.05, 0.1) is 5.56 Å². The van der Waals surface area contributed by atoms with Gasteiger partial charge in [-0.15, -0.1) is 0 Å². The lowest BCUT2D eigenvalue weighted by Gasteiger charge is -2.11. The summed E-state index contributed by atoms with van der Waals surface area (Å²) in [5, 5.41) is 24.9. The molecule has 0 atom stereocenters. The van der Waals surface area contributed by atoms with Crippen LogP contribution in [0.2, 0.25) is 0 Å². The molecule has 5 nitrogen and oxygen atoms in total. The zero-order valence-electron chi connectivity index (χ0n) is 9.48. The minimum absolute atomic E-state index is 0.0374. The van der Waals surface area contributed by atoms with E-state index in [1.165, 1.54) is 6.07 Å². The van der Waals surface area contributed by atoms with Gasteiger partial charge >= 0.3 is 0 Å². The minimum Gasteiger partial charge on any atom is -0.508 e. The molecule has 0 saturated carbocycles. The average Bonchev–Trinajstić information content (AvgIpc) is 2.64. The Morgan fingerprint density at radius 3 is 2.41 bits per heavy atom. The number of H-pyrrole nitrogens is 2. The van der Waals surface area contributed by atoms with Crippen LogP contribution in [0.25, 0.3) is 11.4 Å². The molecule has 0 aliphatic heterocycles. The first-order valence-electron chi connectivity index (χ1n) is 5.20. The number of phenolic OH excluding ortho intramolecular Hbond substituents is 2. The van der Waals surface area contributed by atoms with Crippen LogP contribution in [0.15, 0.2) is 12.1 Å². The molecular formula is C11H13N3O2S. The second-order valence-electron chi connectivity index (χ2n) is 4.10. The first kappa shape index (κ1) is 11.7. The molecule has 0 spiro atoms. The van der Waals surface area contributed by atoms with Crippen molar-refractivity contribution in [1.82, 2.24) is 15.2 Å². The third-order valence-electron chi connectivity index (χ3n) is 2.52. The fourth-order valence-corrected chi connectivity index (χ4v) is 1.79. The van der Waals surface area contributed by atoms with Gasteiger partial charge in [0, 0.05) is 6.07 Å². The van der Waals surface area contributed by atoms with E-state index in [-0.39, 0.29) is 17.4 Å². The van der Waals surface area contributed by atoms with Crippen molar-refractivity contribution in [2.75, 3.05) is 0 Å². The molecule has 6 heteroatoms. The van der Waals surface area contributed by atoms with E-state index in [4.69, 9.17) is 12.2 Å². The number of nitrogens with zero attached hydrogens (tertiary/aromatic N) is 1. The summed E-state index contributed by atoms with van der Waals surface area (Å²) in [6.45, 7) is 3.92. The Hall–Kier alpha value is -1.82. The Balaban J connectivity index is 2.62. The molecule has 17 heavy (non-hydrogen) atoms. The van der Waals surface area contributed by atoms with Crippen LogP contribution < -0.4 is 0 Å².